The maximum atomic E-state index is 12.8. The van der Waals surface area contributed by atoms with Crippen molar-refractivity contribution < 1.29 is 27.8 Å². The van der Waals surface area contributed by atoms with Crippen LogP contribution in [-0.4, -0.2) is 29.1 Å². The Bertz CT molecular complexity index is 923. The largest absolute Gasteiger partial charge is 0.491 e. The van der Waals surface area contributed by atoms with Crippen LogP contribution in [0.3, 0.4) is 0 Å². The Balaban J connectivity index is 1.69. The van der Waals surface area contributed by atoms with Crippen LogP contribution in [0.25, 0.3) is 11.1 Å². The second-order valence-electron chi connectivity index (χ2n) is 6.31. The first-order valence-corrected chi connectivity index (χ1v) is 8.25. The Kier molecular flexibility index (Phi) is 3.98. The van der Waals surface area contributed by atoms with Crippen molar-refractivity contribution in [2.45, 2.75) is 12.3 Å². The summed E-state index contributed by atoms with van der Waals surface area (Å²) in [5.74, 6) is -0.435. The van der Waals surface area contributed by atoms with Gasteiger partial charge in [0.25, 0.3) is 0 Å². The minimum absolute atomic E-state index is 0.0905. The van der Waals surface area contributed by atoms with Crippen LogP contribution in [0.15, 0.2) is 54.4 Å². The number of halogens is 3. The Morgan fingerprint density at radius 1 is 1.15 bits per heavy atom. The number of carboxylic acid groups (broad SMARTS) is 1. The van der Waals surface area contributed by atoms with Crippen LogP contribution in [0.1, 0.15) is 17.3 Å². The van der Waals surface area contributed by atoms with Gasteiger partial charge in [-0.3, -0.25) is 0 Å². The van der Waals surface area contributed by atoms with Gasteiger partial charge in [0.2, 0.25) is 0 Å². The summed E-state index contributed by atoms with van der Waals surface area (Å²) < 4.78 is 44.0. The SMILES string of the molecule is O=C(O)C1=CN2CCOc3ccc(-c4ccc(C(F)(F)F)cc4)cc3C2N1. The molecule has 27 heavy (non-hydrogen) atoms. The van der Waals surface area contributed by atoms with Crippen LogP contribution < -0.4 is 10.1 Å². The summed E-state index contributed by atoms with van der Waals surface area (Å²) in [6, 6.07) is 10.3. The van der Waals surface area contributed by atoms with Crippen molar-refractivity contribution in [1.29, 1.82) is 0 Å². The van der Waals surface area contributed by atoms with Crippen molar-refractivity contribution in [3.05, 3.63) is 65.5 Å². The van der Waals surface area contributed by atoms with Crippen molar-refractivity contribution in [3.8, 4) is 16.9 Å². The molecule has 0 saturated heterocycles. The Labute approximate surface area is 152 Å². The Hall–Kier alpha value is -3.16. The monoisotopic (exact) mass is 376 g/mol. The molecule has 0 aromatic heterocycles. The number of ether oxygens (including phenoxy) is 1. The first-order chi connectivity index (χ1) is 12.8. The highest BCUT2D eigenvalue weighted by Gasteiger charge is 2.33. The van der Waals surface area contributed by atoms with Crippen molar-refractivity contribution in [3.63, 3.8) is 0 Å². The van der Waals surface area contributed by atoms with E-state index in [-0.39, 0.29) is 5.70 Å². The van der Waals surface area contributed by atoms with E-state index in [1.807, 2.05) is 11.0 Å². The summed E-state index contributed by atoms with van der Waals surface area (Å²) in [6.45, 7) is 0.910. The molecule has 1 unspecified atom stereocenters. The zero-order valence-corrected chi connectivity index (χ0v) is 14.0. The minimum Gasteiger partial charge on any atom is -0.491 e. The van der Waals surface area contributed by atoms with Crippen LogP contribution in [-0.2, 0) is 11.0 Å². The molecule has 2 N–H and O–H groups in total. The lowest BCUT2D eigenvalue weighted by molar-refractivity contribution is -0.137. The van der Waals surface area contributed by atoms with Gasteiger partial charge in [-0.1, -0.05) is 18.2 Å². The molecule has 2 aliphatic rings. The van der Waals surface area contributed by atoms with Gasteiger partial charge in [0.05, 0.1) is 12.1 Å². The van der Waals surface area contributed by atoms with E-state index in [1.54, 1.807) is 12.1 Å². The molecule has 0 saturated carbocycles. The van der Waals surface area contributed by atoms with E-state index >= 15 is 0 Å². The summed E-state index contributed by atoms with van der Waals surface area (Å²) in [4.78, 5) is 13.1. The normalized spacial score (nSPS) is 18.6. The molecule has 2 heterocycles. The van der Waals surface area contributed by atoms with E-state index in [0.717, 1.165) is 23.3 Å². The molecule has 0 spiro atoms. The van der Waals surface area contributed by atoms with Crippen molar-refractivity contribution in [1.82, 2.24) is 10.2 Å². The number of hydrogen-bond acceptors (Lipinski definition) is 4. The molecule has 0 amide bonds. The lowest BCUT2D eigenvalue weighted by Crippen LogP contribution is -2.29. The fraction of sp³-hybridized carbons (Fsp3) is 0.211. The zero-order valence-electron chi connectivity index (χ0n) is 14.0. The molecule has 8 heteroatoms. The molecule has 4 rings (SSSR count). The van der Waals surface area contributed by atoms with E-state index in [0.29, 0.717) is 24.5 Å². The van der Waals surface area contributed by atoms with Gasteiger partial charge in [-0.15, -0.1) is 0 Å². The molecular formula is C19H15F3N2O3. The van der Waals surface area contributed by atoms with Crippen LogP contribution in [0, 0.1) is 0 Å². The van der Waals surface area contributed by atoms with Crippen LogP contribution in [0.2, 0.25) is 0 Å². The highest BCUT2D eigenvalue weighted by molar-refractivity contribution is 5.86. The first-order valence-electron chi connectivity index (χ1n) is 8.25. The van der Waals surface area contributed by atoms with Gasteiger partial charge >= 0.3 is 12.1 Å². The molecule has 0 fully saturated rings. The van der Waals surface area contributed by atoms with Gasteiger partial charge in [-0.05, 0) is 35.4 Å². The molecule has 140 valence electrons. The van der Waals surface area contributed by atoms with Gasteiger partial charge in [0.15, 0.2) is 0 Å². The van der Waals surface area contributed by atoms with E-state index in [2.05, 4.69) is 5.32 Å². The maximum Gasteiger partial charge on any atom is 0.416 e. The molecule has 2 aromatic rings. The average molecular weight is 376 g/mol. The smallest absolute Gasteiger partial charge is 0.416 e. The number of carboxylic acids is 1. The summed E-state index contributed by atoms with van der Waals surface area (Å²) in [5.41, 5.74) is 1.47. The number of fused-ring (bicyclic) bond motifs is 3. The second kappa shape index (κ2) is 6.22. The van der Waals surface area contributed by atoms with Crippen molar-refractivity contribution >= 4 is 5.97 Å². The fourth-order valence-electron chi connectivity index (χ4n) is 3.26. The molecule has 0 bridgehead atoms. The number of nitrogens with zero attached hydrogens (tertiary/aromatic N) is 1. The van der Waals surface area contributed by atoms with Gasteiger partial charge < -0.3 is 20.1 Å². The number of benzene rings is 2. The van der Waals surface area contributed by atoms with Crippen molar-refractivity contribution in [2.75, 3.05) is 13.2 Å². The van der Waals surface area contributed by atoms with Gasteiger partial charge in [0, 0.05) is 11.8 Å². The van der Waals surface area contributed by atoms with Gasteiger partial charge in [-0.2, -0.15) is 13.2 Å². The summed E-state index contributed by atoms with van der Waals surface area (Å²) in [6.07, 6.45) is -3.24. The molecule has 2 aliphatic heterocycles. The quantitative estimate of drug-likeness (QED) is 0.839. The predicted molar refractivity (Wildman–Crippen MR) is 90.7 cm³/mol. The molecule has 2 aromatic carbocycles. The molecule has 5 nitrogen and oxygen atoms in total. The van der Waals surface area contributed by atoms with E-state index in [1.165, 1.54) is 18.3 Å². The number of carbonyl (C=O) groups is 1. The first kappa shape index (κ1) is 17.3. The Morgan fingerprint density at radius 3 is 2.52 bits per heavy atom. The maximum absolute atomic E-state index is 12.8. The number of aliphatic carboxylic acids is 1. The number of nitrogens with one attached hydrogen (secondary N) is 1. The number of hydrogen-bond donors (Lipinski definition) is 2. The third kappa shape index (κ3) is 3.18. The topological polar surface area (TPSA) is 61.8 Å². The highest BCUT2D eigenvalue weighted by atomic mass is 19.4. The van der Waals surface area contributed by atoms with Gasteiger partial charge in [-0.25, -0.2) is 4.79 Å². The standard InChI is InChI=1S/C19H15F3N2O3/c20-19(21,22)13-4-1-11(2-5-13)12-3-6-16-14(9-12)17-23-15(18(25)26)10-24(17)7-8-27-16/h1-6,9-10,17,23H,7-8H2,(H,25,26). The number of rotatable bonds is 2. The van der Waals surface area contributed by atoms with E-state index in [4.69, 9.17) is 4.74 Å². The average Bonchev–Trinajstić information content (AvgIpc) is 2.98. The summed E-state index contributed by atoms with van der Waals surface area (Å²) in [5, 5.41) is 12.2. The van der Waals surface area contributed by atoms with Crippen molar-refractivity contribution in [2.24, 2.45) is 0 Å². The molecule has 1 atom stereocenters. The van der Waals surface area contributed by atoms with Gasteiger partial charge in [0.1, 0.15) is 24.2 Å². The van der Waals surface area contributed by atoms with Crippen LogP contribution in [0.5, 0.6) is 5.75 Å². The lowest BCUT2D eigenvalue weighted by Gasteiger charge is -2.23. The third-order valence-electron chi connectivity index (χ3n) is 4.61. The second-order valence-corrected chi connectivity index (χ2v) is 6.31. The Morgan fingerprint density at radius 2 is 1.85 bits per heavy atom. The molecular weight excluding hydrogens is 361 g/mol. The molecule has 0 radical (unpaired) electrons. The number of alkyl halides is 3. The fourth-order valence-corrected chi connectivity index (χ4v) is 3.26. The van der Waals surface area contributed by atoms with Crippen LogP contribution >= 0.6 is 0 Å². The summed E-state index contributed by atoms with van der Waals surface area (Å²) in [7, 11) is 0. The third-order valence-corrected chi connectivity index (χ3v) is 4.61. The van der Waals surface area contributed by atoms with Crippen LogP contribution in [0.4, 0.5) is 13.2 Å². The highest BCUT2D eigenvalue weighted by Crippen LogP contribution is 2.38. The molecule has 0 aliphatic carbocycles. The van der Waals surface area contributed by atoms with E-state index < -0.39 is 23.9 Å². The lowest BCUT2D eigenvalue weighted by atomic mass is 9.99. The summed E-state index contributed by atoms with van der Waals surface area (Å²) >= 11 is 0. The minimum atomic E-state index is -4.38. The van der Waals surface area contributed by atoms with E-state index in [9.17, 15) is 23.1 Å². The predicted octanol–water partition coefficient (Wildman–Crippen LogP) is 3.59. The zero-order chi connectivity index (χ0) is 19.2.